The van der Waals surface area contributed by atoms with E-state index < -0.39 is 0 Å². The van der Waals surface area contributed by atoms with Crippen LogP contribution in [-0.2, 0) is 0 Å². The molecule has 1 fully saturated rings. The van der Waals surface area contributed by atoms with E-state index >= 15 is 0 Å². The molecular weight excluding hydrogens is 324 g/mol. The number of nitrogens with zero attached hydrogens (tertiary/aromatic N) is 2. The number of amides is 1. The Balaban J connectivity index is 1.89. The van der Waals surface area contributed by atoms with Crippen LogP contribution in [0, 0.1) is 0 Å². The first-order chi connectivity index (χ1) is 12.5. The van der Waals surface area contributed by atoms with Gasteiger partial charge < -0.3 is 14.9 Å². The highest BCUT2D eigenvalue weighted by atomic mass is 16.3. The van der Waals surface area contributed by atoms with Crippen LogP contribution in [0.25, 0.3) is 5.57 Å². The quantitative estimate of drug-likeness (QED) is 0.896. The first kappa shape index (κ1) is 18.2. The number of carbonyl (C=O) groups excluding carboxylic acids is 1. The molecule has 0 spiro atoms. The number of likely N-dealkylation sites (N-methyl/N-ethyl adjacent to an activating group) is 1. The summed E-state index contributed by atoms with van der Waals surface area (Å²) in [5, 5.41) is 9.84. The molecule has 4 heteroatoms. The molecule has 1 heterocycles. The summed E-state index contributed by atoms with van der Waals surface area (Å²) in [6, 6.07) is 15.1. The normalized spacial score (nSPS) is 14.9. The van der Waals surface area contributed by atoms with Crippen molar-refractivity contribution in [1.29, 1.82) is 0 Å². The summed E-state index contributed by atoms with van der Waals surface area (Å²) in [5.74, 6) is 0.365. The Morgan fingerprint density at radius 1 is 1.04 bits per heavy atom. The van der Waals surface area contributed by atoms with Gasteiger partial charge in [0.15, 0.2) is 0 Å². The summed E-state index contributed by atoms with van der Waals surface area (Å²) in [6.07, 6.45) is 4.34. The number of rotatable bonds is 5. The summed E-state index contributed by atoms with van der Waals surface area (Å²) in [4.78, 5) is 16.5. The van der Waals surface area contributed by atoms with Crippen LogP contribution >= 0.6 is 0 Å². The molecule has 1 N–H and O–H groups in total. The zero-order chi connectivity index (χ0) is 18.5. The van der Waals surface area contributed by atoms with Gasteiger partial charge in [-0.05, 0) is 67.9 Å². The summed E-state index contributed by atoms with van der Waals surface area (Å²) >= 11 is 0. The number of carbonyl (C=O) groups is 1. The monoisotopic (exact) mass is 350 g/mol. The highest BCUT2D eigenvalue weighted by molar-refractivity contribution is 5.95. The van der Waals surface area contributed by atoms with Crippen molar-refractivity contribution < 1.29 is 9.90 Å². The molecule has 1 amide bonds. The van der Waals surface area contributed by atoms with Crippen molar-refractivity contribution in [3.05, 3.63) is 71.3 Å². The van der Waals surface area contributed by atoms with E-state index in [1.807, 2.05) is 55.4 Å². The molecule has 2 aromatic rings. The number of benzene rings is 2. The number of hydrogen-bond donors (Lipinski definition) is 1. The van der Waals surface area contributed by atoms with Crippen molar-refractivity contribution in [2.75, 3.05) is 33.7 Å². The van der Waals surface area contributed by atoms with Gasteiger partial charge in [-0.2, -0.15) is 0 Å². The van der Waals surface area contributed by atoms with Crippen molar-refractivity contribution in [2.45, 2.75) is 12.8 Å². The zero-order valence-electron chi connectivity index (χ0n) is 15.5. The van der Waals surface area contributed by atoms with Crippen molar-refractivity contribution >= 4 is 11.5 Å². The first-order valence-corrected chi connectivity index (χ1v) is 9.08. The second-order valence-corrected chi connectivity index (χ2v) is 7.01. The van der Waals surface area contributed by atoms with Gasteiger partial charge >= 0.3 is 0 Å². The lowest BCUT2D eigenvalue weighted by Crippen LogP contribution is -2.27. The van der Waals surface area contributed by atoms with E-state index in [-0.39, 0.29) is 11.7 Å². The summed E-state index contributed by atoms with van der Waals surface area (Å²) in [6.45, 7) is 2.51. The maximum Gasteiger partial charge on any atom is 0.253 e. The summed E-state index contributed by atoms with van der Waals surface area (Å²) < 4.78 is 0. The van der Waals surface area contributed by atoms with Gasteiger partial charge in [-0.15, -0.1) is 0 Å². The topological polar surface area (TPSA) is 43.8 Å². The second-order valence-electron chi connectivity index (χ2n) is 7.01. The minimum Gasteiger partial charge on any atom is -0.508 e. The zero-order valence-corrected chi connectivity index (χ0v) is 15.5. The van der Waals surface area contributed by atoms with E-state index in [1.165, 1.54) is 0 Å². The van der Waals surface area contributed by atoms with Crippen LogP contribution in [0.5, 0.6) is 5.75 Å². The van der Waals surface area contributed by atoms with Crippen LogP contribution in [0.3, 0.4) is 0 Å². The Labute approximate surface area is 155 Å². The van der Waals surface area contributed by atoms with E-state index in [4.69, 9.17) is 0 Å². The molecule has 3 rings (SSSR count). The second kappa shape index (κ2) is 8.19. The number of phenolic OH excluding ortho intramolecular Hbond substituents is 1. The minimum atomic E-state index is 0.116. The molecule has 0 bridgehead atoms. The van der Waals surface area contributed by atoms with Gasteiger partial charge in [0.25, 0.3) is 5.91 Å². The predicted octanol–water partition coefficient (Wildman–Crippen LogP) is 3.62. The molecule has 1 aliphatic rings. The molecule has 1 saturated heterocycles. The van der Waals surface area contributed by atoms with Crippen molar-refractivity contribution in [3.8, 4) is 5.75 Å². The maximum atomic E-state index is 12.5. The average Bonchev–Trinajstić information content (AvgIpc) is 3.16. The molecule has 136 valence electrons. The van der Waals surface area contributed by atoms with E-state index in [9.17, 15) is 9.90 Å². The molecule has 0 aliphatic carbocycles. The Hall–Kier alpha value is -2.59. The third kappa shape index (κ3) is 4.33. The standard InChI is InChI=1S/C22H26N2O2/c1-23(2)15-12-21(19-6-5-7-20(25)16-19)17-8-10-18(11-9-17)22(26)24-13-3-4-14-24/h5-12,16,25H,3-4,13-15H2,1-2H3. The molecule has 0 unspecified atom stereocenters. The molecular formula is C22H26N2O2. The van der Waals surface area contributed by atoms with Crippen LogP contribution in [0.2, 0.25) is 0 Å². The van der Waals surface area contributed by atoms with Gasteiger partial charge in [-0.1, -0.05) is 30.3 Å². The summed E-state index contributed by atoms with van der Waals surface area (Å²) in [7, 11) is 4.04. The van der Waals surface area contributed by atoms with Gasteiger partial charge in [-0.25, -0.2) is 0 Å². The van der Waals surface area contributed by atoms with Gasteiger partial charge in [0.2, 0.25) is 0 Å². The average molecular weight is 350 g/mol. The lowest BCUT2D eigenvalue weighted by atomic mass is 9.96. The highest BCUT2D eigenvalue weighted by Gasteiger charge is 2.19. The minimum absolute atomic E-state index is 0.116. The number of hydrogen-bond acceptors (Lipinski definition) is 3. The van der Waals surface area contributed by atoms with Gasteiger partial charge in [0, 0.05) is 25.2 Å². The Kier molecular flexibility index (Phi) is 5.74. The Morgan fingerprint density at radius 2 is 1.69 bits per heavy atom. The molecule has 2 aromatic carbocycles. The molecule has 1 aliphatic heterocycles. The number of aromatic hydroxyl groups is 1. The molecule has 0 saturated carbocycles. The largest absolute Gasteiger partial charge is 0.508 e. The SMILES string of the molecule is CN(C)CC=C(c1ccc(C(=O)N2CCCC2)cc1)c1cccc(O)c1. The fraction of sp³-hybridized carbons (Fsp3) is 0.318. The molecule has 0 aromatic heterocycles. The molecule has 4 nitrogen and oxygen atoms in total. The maximum absolute atomic E-state index is 12.5. The van der Waals surface area contributed by atoms with E-state index in [0.29, 0.717) is 0 Å². The van der Waals surface area contributed by atoms with E-state index in [0.717, 1.165) is 54.7 Å². The first-order valence-electron chi connectivity index (χ1n) is 9.08. The van der Waals surface area contributed by atoms with Gasteiger partial charge in [-0.3, -0.25) is 4.79 Å². The molecule has 0 radical (unpaired) electrons. The lowest BCUT2D eigenvalue weighted by molar-refractivity contribution is 0.0793. The Morgan fingerprint density at radius 3 is 2.31 bits per heavy atom. The summed E-state index contributed by atoms with van der Waals surface area (Å²) in [5.41, 5.74) is 3.79. The Bertz CT molecular complexity index is 788. The fourth-order valence-electron chi connectivity index (χ4n) is 3.24. The smallest absolute Gasteiger partial charge is 0.253 e. The van der Waals surface area contributed by atoms with Crippen molar-refractivity contribution in [2.24, 2.45) is 0 Å². The predicted molar refractivity (Wildman–Crippen MR) is 105 cm³/mol. The van der Waals surface area contributed by atoms with Crippen LogP contribution < -0.4 is 0 Å². The van der Waals surface area contributed by atoms with E-state index in [2.05, 4.69) is 11.0 Å². The molecule has 0 atom stereocenters. The van der Waals surface area contributed by atoms with Gasteiger partial charge in [0.05, 0.1) is 0 Å². The van der Waals surface area contributed by atoms with Crippen LogP contribution in [0.1, 0.15) is 34.3 Å². The van der Waals surface area contributed by atoms with Crippen molar-refractivity contribution in [1.82, 2.24) is 9.80 Å². The third-order valence-electron chi connectivity index (χ3n) is 4.65. The number of phenols is 1. The van der Waals surface area contributed by atoms with Crippen LogP contribution in [0.4, 0.5) is 0 Å². The fourth-order valence-corrected chi connectivity index (χ4v) is 3.24. The van der Waals surface area contributed by atoms with Crippen LogP contribution in [0.15, 0.2) is 54.6 Å². The number of likely N-dealkylation sites (tertiary alicyclic amines) is 1. The van der Waals surface area contributed by atoms with Crippen LogP contribution in [-0.4, -0.2) is 54.5 Å². The lowest BCUT2D eigenvalue weighted by Gasteiger charge is -2.16. The highest BCUT2D eigenvalue weighted by Crippen LogP contribution is 2.26. The molecule has 26 heavy (non-hydrogen) atoms. The third-order valence-corrected chi connectivity index (χ3v) is 4.65. The van der Waals surface area contributed by atoms with Gasteiger partial charge in [0.1, 0.15) is 5.75 Å². The van der Waals surface area contributed by atoms with Crippen molar-refractivity contribution in [3.63, 3.8) is 0 Å². The van der Waals surface area contributed by atoms with E-state index in [1.54, 1.807) is 12.1 Å².